The SMILES string of the molecule is COc1ccc(C(c2cc(C(C)(C)C)cc(C(C)(C)C)c2O)N2CCOCC2)cc1. The second kappa shape index (κ2) is 8.60. The summed E-state index contributed by atoms with van der Waals surface area (Å²) in [5.74, 6) is 1.24. The number of ether oxygens (including phenoxy) is 2. The Hall–Kier alpha value is -2.04. The third-order valence-corrected chi connectivity index (χ3v) is 5.95. The van der Waals surface area contributed by atoms with E-state index in [-0.39, 0.29) is 16.9 Å². The summed E-state index contributed by atoms with van der Waals surface area (Å²) < 4.78 is 11.0. The van der Waals surface area contributed by atoms with Crippen molar-refractivity contribution in [2.24, 2.45) is 0 Å². The lowest BCUT2D eigenvalue weighted by Gasteiger charge is -2.37. The highest BCUT2D eigenvalue weighted by molar-refractivity contribution is 5.52. The lowest BCUT2D eigenvalue weighted by atomic mass is 9.77. The molecule has 4 heteroatoms. The first-order valence-electron chi connectivity index (χ1n) is 10.9. The molecule has 0 amide bonds. The van der Waals surface area contributed by atoms with E-state index in [9.17, 15) is 5.11 Å². The van der Waals surface area contributed by atoms with E-state index in [0.717, 1.165) is 35.5 Å². The Kier molecular flexibility index (Phi) is 6.49. The molecule has 0 radical (unpaired) electrons. The molecule has 0 spiro atoms. The molecule has 1 N–H and O–H groups in total. The second-order valence-corrected chi connectivity index (χ2v) is 10.3. The Morgan fingerprint density at radius 1 is 0.933 bits per heavy atom. The zero-order valence-electron chi connectivity index (χ0n) is 19.6. The summed E-state index contributed by atoms with van der Waals surface area (Å²) in [6, 6.07) is 12.6. The van der Waals surface area contributed by atoms with Crippen LogP contribution in [0, 0.1) is 0 Å². The van der Waals surface area contributed by atoms with Crippen molar-refractivity contribution in [2.75, 3.05) is 33.4 Å². The van der Waals surface area contributed by atoms with Crippen LogP contribution in [0.4, 0.5) is 0 Å². The van der Waals surface area contributed by atoms with Crippen LogP contribution in [-0.4, -0.2) is 43.4 Å². The van der Waals surface area contributed by atoms with E-state index in [1.54, 1.807) is 7.11 Å². The minimum atomic E-state index is -0.157. The third-order valence-electron chi connectivity index (χ3n) is 5.95. The minimum Gasteiger partial charge on any atom is -0.507 e. The Morgan fingerprint density at radius 3 is 2.03 bits per heavy atom. The number of aromatic hydroxyl groups is 1. The van der Waals surface area contributed by atoms with E-state index >= 15 is 0 Å². The van der Waals surface area contributed by atoms with Crippen molar-refractivity contribution >= 4 is 0 Å². The largest absolute Gasteiger partial charge is 0.507 e. The second-order valence-electron chi connectivity index (χ2n) is 10.3. The number of hydrogen-bond donors (Lipinski definition) is 1. The molecule has 0 saturated carbocycles. The van der Waals surface area contributed by atoms with Crippen molar-refractivity contribution in [3.63, 3.8) is 0 Å². The topological polar surface area (TPSA) is 41.9 Å². The first kappa shape index (κ1) is 22.6. The van der Waals surface area contributed by atoms with Gasteiger partial charge in [-0.15, -0.1) is 0 Å². The molecule has 0 aromatic heterocycles. The van der Waals surface area contributed by atoms with Crippen LogP contribution in [0.2, 0.25) is 0 Å². The van der Waals surface area contributed by atoms with Crippen molar-refractivity contribution in [3.8, 4) is 11.5 Å². The van der Waals surface area contributed by atoms with Crippen LogP contribution in [0.3, 0.4) is 0 Å². The number of hydrogen-bond acceptors (Lipinski definition) is 4. The summed E-state index contributed by atoms with van der Waals surface area (Å²) in [7, 11) is 1.68. The van der Waals surface area contributed by atoms with E-state index in [2.05, 4.69) is 70.7 Å². The molecule has 2 aromatic rings. The van der Waals surface area contributed by atoms with Gasteiger partial charge < -0.3 is 14.6 Å². The van der Waals surface area contributed by atoms with Crippen molar-refractivity contribution < 1.29 is 14.6 Å². The molecule has 0 bridgehead atoms. The van der Waals surface area contributed by atoms with Crippen LogP contribution >= 0.6 is 0 Å². The Balaban J connectivity index is 2.23. The van der Waals surface area contributed by atoms with Gasteiger partial charge in [-0.2, -0.15) is 0 Å². The number of phenolic OH excluding ortho intramolecular Hbond substituents is 1. The third kappa shape index (κ3) is 4.81. The summed E-state index contributed by atoms with van der Waals surface area (Å²) >= 11 is 0. The van der Waals surface area contributed by atoms with Gasteiger partial charge in [0.2, 0.25) is 0 Å². The maximum Gasteiger partial charge on any atom is 0.124 e. The Bertz CT molecular complexity index is 854. The quantitative estimate of drug-likeness (QED) is 0.730. The van der Waals surface area contributed by atoms with Crippen LogP contribution in [0.5, 0.6) is 11.5 Å². The summed E-state index contributed by atoms with van der Waals surface area (Å²) in [5, 5.41) is 11.5. The Labute approximate surface area is 181 Å². The predicted molar refractivity (Wildman–Crippen MR) is 123 cm³/mol. The van der Waals surface area contributed by atoms with Crippen molar-refractivity contribution in [1.82, 2.24) is 4.90 Å². The molecular weight excluding hydrogens is 374 g/mol. The minimum absolute atomic E-state index is 0.0160. The fraction of sp³-hybridized carbons (Fsp3) is 0.538. The summed E-state index contributed by atoms with van der Waals surface area (Å²) in [5.41, 5.74) is 4.19. The average molecular weight is 412 g/mol. The molecule has 3 rings (SSSR count). The zero-order chi connectivity index (χ0) is 22.1. The van der Waals surface area contributed by atoms with Crippen molar-refractivity contribution in [1.29, 1.82) is 0 Å². The van der Waals surface area contributed by atoms with Crippen molar-refractivity contribution in [2.45, 2.75) is 58.4 Å². The molecule has 0 aliphatic carbocycles. The first-order valence-corrected chi connectivity index (χ1v) is 10.9. The highest BCUT2D eigenvalue weighted by Gasteiger charge is 2.32. The molecule has 30 heavy (non-hydrogen) atoms. The number of rotatable bonds is 4. The van der Waals surface area contributed by atoms with Gasteiger partial charge in [0, 0.05) is 18.7 Å². The van der Waals surface area contributed by atoms with Crippen LogP contribution in [0.15, 0.2) is 36.4 Å². The normalized spacial score (nSPS) is 17.0. The van der Waals surface area contributed by atoms with Gasteiger partial charge in [0.25, 0.3) is 0 Å². The van der Waals surface area contributed by atoms with E-state index in [4.69, 9.17) is 9.47 Å². The molecule has 1 heterocycles. The summed E-state index contributed by atoms with van der Waals surface area (Å²) in [4.78, 5) is 2.42. The molecule has 2 aromatic carbocycles. The van der Waals surface area contributed by atoms with Crippen LogP contribution in [0.25, 0.3) is 0 Å². The van der Waals surface area contributed by atoms with Crippen LogP contribution in [0.1, 0.15) is 69.8 Å². The van der Waals surface area contributed by atoms with Gasteiger partial charge in [0.05, 0.1) is 26.4 Å². The molecule has 164 valence electrons. The van der Waals surface area contributed by atoms with Gasteiger partial charge in [-0.1, -0.05) is 59.7 Å². The molecule has 1 atom stereocenters. The van der Waals surface area contributed by atoms with Gasteiger partial charge in [-0.25, -0.2) is 0 Å². The lowest BCUT2D eigenvalue weighted by molar-refractivity contribution is 0.0235. The molecule has 1 saturated heterocycles. The summed E-state index contributed by atoms with van der Waals surface area (Å²) in [6.07, 6.45) is 0. The van der Waals surface area contributed by atoms with Crippen LogP contribution in [-0.2, 0) is 15.6 Å². The van der Waals surface area contributed by atoms with E-state index in [1.807, 2.05) is 12.1 Å². The maximum absolute atomic E-state index is 11.5. The first-order chi connectivity index (χ1) is 14.0. The molecule has 1 fully saturated rings. The standard InChI is InChI=1S/C26H37NO3/c1-25(2,3)19-16-21(24(28)22(17-19)26(4,5)6)23(27-12-14-30-15-13-27)18-8-10-20(29-7)11-9-18/h8-11,16-17,23,28H,12-15H2,1-7H3. The lowest BCUT2D eigenvalue weighted by Crippen LogP contribution is -2.39. The molecule has 1 aliphatic heterocycles. The van der Waals surface area contributed by atoms with Gasteiger partial charge in [-0.05, 0) is 45.7 Å². The molecule has 1 unspecified atom stereocenters. The fourth-order valence-corrected chi connectivity index (χ4v) is 4.08. The fourth-order valence-electron chi connectivity index (χ4n) is 4.08. The molecule has 1 aliphatic rings. The number of nitrogens with zero attached hydrogens (tertiary/aromatic N) is 1. The molecular formula is C26H37NO3. The Morgan fingerprint density at radius 2 is 1.53 bits per heavy atom. The number of morpholine rings is 1. The zero-order valence-corrected chi connectivity index (χ0v) is 19.6. The highest BCUT2D eigenvalue weighted by atomic mass is 16.5. The monoisotopic (exact) mass is 411 g/mol. The van der Waals surface area contributed by atoms with Gasteiger partial charge in [0.15, 0.2) is 0 Å². The van der Waals surface area contributed by atoms with E-state index in [1.165, 1.54) is 5.56 Å². The number of phenols is 1. The van der Waals surface area contributed by atoms with E-state index in [0.29, 0.717) is 19.0 Å². The van der Waals surface area contributed by atoms with Crippen LogP contribution < -0.4 is 4.74 Å². The number of methoxy groups -OCH3 is 1. The highest BCUT2D eigenvalue weighted by Crippen LogP contribution is 2.43. The smallest absolute Gasteiger partial charge is 0.124 e. The van der Waals surface area contributed by atoms with Gasteiger partial charge in [-0.3, -0.25) is 4.90 Å². The van der Waals surface area contributed by atoms with E-state index < -0.39 is 0 Å². The van der Waals surface area contributed by atoms with Crippen molar-refractivity contribution in [3.05, 3.63) is 58.7 Å². The number of benzene rings is 2. The molecule has 4 nitrogen and oxygen atoms in total. The van der Waals surface area contributed by atoms with Gasteiger partial charge >= 0.3 is 0 Å². The average Bonchev–Trinajstić information content (AvgIpc) is 2.69. The summed E-state index contributed by atoms with van der Waals surface area (Å²) in [6.45, 7) is 16.3. The predicted octanol–water partition coefficient (Wildman–Crippen LogP) is 5.42. The maximum atomic E-state index is 11.5. The van der Waals surface area contributed by atoms with Gasteiger partial charge in [0.1, 0.15) is 11.5 Å².